The minimum atomic E-state index is -4.98. The summed E-state index contributed by atoms with van der Waals surface area (Å²) in [5, 5.41) is 8.70. The van der Waals surface area contributed by atoms with Crippen LogP contribution in [0.5, 0.6) is 0 Å². The Morgan fingerprint density at radius 1 is 1.33 bits per heavy atom. The van der Waals surface area contributed by atoms with Crippen molar-refractivity contribution >= 4 is 10.0 Å². The molecule has 0 spiro atoms. The number of benzene rings is 1. The average Bonchev–Trinajstić information content (AvgIpc) is 2.35. The van der Waals surface area contributed by atoms with Gasteiger partial charge in [0.05, 0.1) is 10.5 Å². The number of sulfonamides is 1. The minimum absolute atomic E-state index is 0.127. The van der Waals surface area contributed by atoms with Gasteiger partial charge < -0.3 is 5.11 Å². The van der Waals surface area contributed by atoms with Gasteiger partial charge in [-0.1, -0.05) is 6.92 Å². The van der Waals surface area contributed by atoms with E-state index in [1.165, 1.54) is 0 Å². The zero-order chi connectivity index (χ0) is 16.3. The fraction of sp³-hybridized carbons (Fsp3) is 0.500. The maximum Gasteiger partial charge on any atom is 0.417 e. The lowest BCUT2D eigenvalue weighted by molar-refractivity contribution is -0.140. The van der Waals surface area contributed by atoms with E-state index in [-0.39, 0.29) is 25.1 Å². The molecule has 120 valence electrons. The van der Waals surface area contributed by atoms with E-state index in [0.29, 0.717) is 18.6 Å². The molecule has 0 aliphatic rings. The van der Waals surface area contributed by atoms with Gasteiger partial charge >= 0.3 is 6.18 Å². The number of rotatable bonds is 6. The van der Waals surface area contributed by atoms with Gasteiger partial charge in [0.15, 0.2) is 0 Å². The predicted molar refractivity (Wildman–Crippen MR) is 67.5 cm³/mol. The Labute approximate surface area is 119 Å². The molecule has 0 saturated heterocycles. The molecular weight excluding hydrogens is 314 g/mol. The molecule has 21 heavy (non-hydrogen) atoms. The third kappa shape index (κ3) is 4.94. The molecule has 1 rings (SSSR count). The van der Waals surface area contributed by atoms with Crippen LogP contribution in [0.2, 0.25) is 0 Å². The van der Waals surface area contributed by atoms with Crippen LogP contribution in [0.25, 0.3) is 0 Å². The van der Waals surface area contributed by atoms with Gasteiger partial charge in [0.1, 0.15) is 5.82 Å². The highest BCUT2D eigenvalue weighted by Gasteiger charge is 2.37. The van der Waals surface area contributed by atoms with E-state index in [4.69, 9.17) is 5.11 Å². The van der Waals surface area contributed by atoms with Crippen molar-refractivity contribution in [1.82, 2.24) is 4.72 Å². The summed E-state index contributed by atoms with van der Waals surface area (Å²) < 4.78 is 77.2. The van der Waals surface area contributed by atoms with E-state index < -0.39 is 32.5 Å². The van der Waals surface area contributed by atoms with Crippen molar-refractivity contribution in [2.45, 2.75) is 24.4 Å². The highest BCUT2D eigenvalue weighted by molar-refractivity contribution is 7.89. The van der Waals surface area contributed by atoms with Crippen molar-refractivity contribution in [3.05, 3.63) is 29.6 Å². The second-order valence-electron chi connectivity index (χ2n) is 4.61. The fourth-order valence-corrected chi connectivity index (χ4v) is 2.98. The molecule has 1 unspecified atom stereocenters. The molecule has 0 fully saturated rings. The maximum absolute atomic E-state index is 12.9. The van der Waals surface area contributed by atoms with Gasteiger partial charge in [-0.2, -0.15) is 13.2 Å². The molecule has 0 bridgehead atoms. The third-order valence-electron chi connectivity index (χ3n) is 2.78. The largest absolute Gasteiger partial charge is 0.417 e. The molecule has 0 heterocycles. The Morgan fingerprint density at radius 3 is 2.48 bits per heavy atom. The topological polar surface area (TPSA) is 66.4 Å². The van der Waals surface area contributed by atoms with Crippen molar-refractivity contribution < 1.29 is 31.1 Å². The number of aliphatic hydroxyl groups is 1. The molecule has 0 aliphatic heterocycles. The van der Waals surface area contributed by atoms with Gasteiger partial charge in [0.25, 0.3) is 0 Å². The van der Waals surface area contributed by atoms with Crippen LogP contribution in [0.4, 0.5) is 17.6 Å². The molecule has 9 heteroatoms. The van der Waals surface area contributed by atoms with Crippen molar-refractivity contribution in [1.29, 1.82) is 0 Å². The summed E-state index contributed by atoms with van der Waals surface area (Å²) in [6.07, 6.45) is -4.68. The minimum Gasteiger partial charge on any atom is -0.396 e. The Bertz CT molecular complexity index is 587. The summed E-state index contributed by atoms with van der Waals surface area (Å²) in [6.45, 7) is 1.35. The highest BCUT2D eigenvalue weighted by atomic mass is 32.2. The highest BCUT2D eigenvalue weighted by Crippen LogP contribution is 2.34. The van der Waals surface area contributed by atoms with Crippen LogP contribution in [-0.2, 0) is 16.2 Å². The molecule has 4 nitrogen and oxygen atoms in total. The van der Waals surface area contributed by atoms with Gasteiger partial charge in [0, 0.05) is 13.2 Å². The molecule has 0 aliphatic carbocycles. The Hall–Kier alpha value is -1.19. The van der Waals surface area contributed by atoms with Gasteiger partial charge in [-0.05, 0) is 30.5 Å². The first kappa shape index (κ1) is 17.9. The molecule has 1 aromatic carbocycles. The predicted octanol–water partition coefficient (Wildman–Crippen LogP) is 2.14. The lowest BCUT2D eigenvalue weighted by atomic mass is 10.1. The van der Waals surface area contributed by atoms with E-state index >= 15 is 0 Å². The van der Waals surface area contributed by atoms with E-state index in [0.717, 1.165) is 0 Å². The first-order valence-electron chi connectivity index (χ1n) is 6.05. The second-order valence-corrected chi connectivity index (χ2v) is 6.34. The van der Waals surface area contributed by atoms with Crippen LogP contribution < -0.4 is 4.72 Å². The van der Waals surface area contributed by atoms with E-state index in [2.05, 4.69) is 0 Å². The van der Waals surface area contributed by atoms with Gasteiger partial charge in [-0.3, -0.25) is 0 Å². The first-order chi connectivity index (χ1) is 9.58. The number of hydrogen-bond acceptors (Lipinski definition) is 3. The summed E-state index contributed by atoms with van der Waals surface area (Å²) >= 11 is 0. The van der Waals surface area contributed by atoms with Crippen molar-refractivity contribution in [2.75, 3.05) is 13.2 Å². The van der Waals surface area contributed by atoms with E-state index in [1.807, 2.05) is 4.72 Å². The molecule has 1 aromatic rings. The molecule has 0 aromatic heterocycles. The summed E-state index contributed by atoms with van der Waals surface area (Å²) in [7, 11) is -4.42. The number of nitrogens with one attached hydrogen (secondary N) is 1. The van der Waals surface area contributed by atoms with Gasteiger partial charge in [-0.15, -0.1) is 0 Å². The maximum atomic E-state index is 12.9. The van der Waals surface area contributed by atoms with Gasteiger partial charge in [-0.25, -0.2) is 17.5 Å². The summed E-state index contributed by atoms with van der Waals surface area (Å²) in [5.41, 5.74) is -1.55. The van der Waals surface area contributed by atoms with Crippen LogP contribution in [0.15, 0.2) is 23.1 Å². The molecule has 2 N–H and O–H groups in total. The Kier molecular flexibility index (Phi) is 5.71. The summed E-state index contributed by atoms with van der Waals surface area (Å²) in [6, 6.07) is 1.38. The summed E-state index contributed by atoms with van der Waals surface area (Å²) in [4.78, 5) is -1.02. The summed E-state index contributed by atoms with van der Waals surface area (Å²) in [5.74, 6) is -1.42. The quantitative estimate of drug-likeness (QED) is 0.786. The van der Waals surface area contributed by atoms with E-state index in [9.17, 15) is 26.0 Å². The van der Waals surface area contributed by atoms with Crippen molar-refractivity contribution in [3.8, 4) is 0 Å². The third-order valence-corrected chi connectivity index (χ3v) is 4.26. The number of hydrogen-bond donors (Lipinski definition) is 2. The molecule has 0 radical (unpaired) electrons. The smallest absolute Gasteiger partial charge is 0.396 e. The number of aliphatic hydroxyl groups excluding tert-OH is 1. The number of alkyl halides is 3. The van der Waals surface area contributed by atoms with Crippen molar-refractivity contribution in [2.24, 2.45) is 5.92 Å². The number of halogens is 4. The van der Waals surface area contributed by atoms with Crippen LogP contribution in [-0.4, -0.2) is 26.7 Å². The van der Waals surface area contributed by atoms with E-state index in [1.54, 1.807) is 6.92 Å². The second kappa shape index (κ2) is 6.71. The van der Waals surface area contributed by atoms with Crippen LogP contribution in [0.3, 0.4) is 0 Å². The van der Waals surface area contributed by atoms with Crippen LogP contribution in [0, 0.1) is 11.7 Å². The lowest BCUT2D eigenvalue weighted by Crippen LogP contribution is -2.30. The van der Waals surface area contributed by atoms with Crippen molar-refractivity contribution in [3.63, 3.8) is 0 Å². The molecule has 0 amide bonds. The normalized spacial score (nSPS) is 14.2. The average molecular weight is 329 g/mol. The Morgan fingerprint density at radius 2 is 1.95 bits per heavy atom. The fourth-order valence-electron chi connectivity index (χ4n) is 1.61. The standard InChI is InChI=1S/C12H15F4NO3S/c1-8(4-5-18)7-17-21(19,20)11-3-2-9(13)6-10(11)12(14,15)16/h2-3,6,8,17-18H,4-5,7H2,1H3. The molecular formula is C12H15F4NO3S. The van der Waals surface area contributed by atoms with Crippen LogP contribution >= 0.6 is 0 Å². The molecule has 0 saturated carbocycles. The lowest BCUT2D eigenvalue weighted by Gasteiger charge is -2.15. The zero-order valence-electron chi connectivity index (χ0n) is 11.1. The Balaban J connectivity index is 3.09. The first-order valence-corrected chi connectivity index (χ1v) is 7.53. The van der Waals surface area contributed by atoms with Gasteiger partial charge in [0.2, 0.25) is 10.0 Å². The SMILES string of the molecule is CC(CCO)CNS(=O)(=O)c1ccc(F)cc1C(F)(F)F. The molecule has 1 atom stereocenters. The van der Waals surface area contributed by atoms with Crippen LogP contribution in [0.1, 0.15) is 18.9 Å². The zero-order valence-corrected chi connectivity index (χ0v) is 11.9. The monoisotopic (exact) mass is 329 g/mol.